The molecule has 92 valence electrons. The summed E-state index contributed by atoms with van der Waals surface area (Å²) in [6.45, 7) is 4.00. The van der Waals surface area contributed by atoms with E-state index in [1.165, 1.54) is 0 Å². The molecule has 0 amide bonds. The van der Waals surface area contributed by atoms with E-state index in [1.54, 1.807) is 6.07 Å². The first kappa shape index (κ1) is 12.4. The molecule has 0 heterocycles. The average Bonchev–Trinajstić information content (AvgIpc) is 2.39. The van der Waals surface area contributed by atoms with Gasteiger partial charge in [0.05, 0.1) is 6.10 Å². The second-order valence-electron chi connectivity index (χ2n) is 4.41. The molecule has 0 radical (unpaired) electrons. The second kappa shape index (κ2) is 5.50. The summed E-state index contributed by atoms with van der Waals surface area (Å²) < 4.78 is 5.78. The van der Waals surface area contributed by atoms with Gasteiger partial charge in [-0.3, -0.25) is 4.79 Å². The normalized spacial score (nSPS) is 10.4. The minimum Gasteiger partial charge on any atom is -0.490 e. The van der Waals surface area contributed by atoms with E-state index < -0.39 is 0 Å². The van der Waals surface area contributed by atoms with Crippen LogP contribution in [0.15, 0.2) is 48.5 Å². The minimum absolute atomic E-state index is 0.125. The second-order valence-corrected chi connectivity index (χ2v) is 4.41. The van der Waals surface area contributed by atoms with Crippen LogP contribution in [0, 0.1) is 0 Å². The van der Waals surface area contributed by atoms with Crippen molar-refractivity contribution in [3.63, 3.8) is 0 Å². The summed E-state index contributed by atoms with van der Waals surface area (Å²) in [5, 5.41) is 0. The van der Waals surface area contributed by atoms with Gasteiger partial charge in [0, 0.05) is 11.1 Å². The standard InChI is InChI=1S/C16H16O2/c1-12(2)18-16-9-4-3-8-15(16)14-7-5-6-13(10-14)11-17/h3-12H,1-2H3. The van der Waals surface area contributed by atoms with Crippen molar-refractivity contribution < 1.29 is 9.53 Å². The fourth-order valence-electron chi connectivity index (χ4n) is 1.84. The van der Waals surface area contributed by atoms with E-state index in [0.29, 0.717) is 5.56 Å². The fourth-order valence-corrected chi connectivity index (χ4v) is 1.84. The molecule has 0 aliphatic rings. The Labute approximate surface area is 107 Å². The molecule has 0 saturated heterocycles. The molecule has 0 N–H and O–H groups in total. The number of aldehydes is 1. The zero-order valence-corrected chi connectivity index (χ0v) is 10.6. The van der Waals surface area contributed by atoms with Gasteiger partial charge >= 0.3 is 0 Å². The molecule has 0 bridgehead atoms. The van der Waals surface area contributed by atoms with Gasteiger partial charge in [0.15, 0.2) is 0 Å². The maximum atomic E-state index is 10.8. The van der Waals surface area contributed by atoms with Gasteiger partial charge in [-0.25, -0.2) is 0 Å². The molecule has 2 heteroatoms. The number of carbonyl (C=O) groups excluding carboxylic acids is 1. The van der Waals surface area contributed by atoms with Crippen LogP contribution in [-0.2, 0) is 0 Å². The molecular weight excluding hydrogens is 224 g/mol. The smallest absolute Gasteiger partial charge is 0.150 e. The highest BCUT2D eigenvalue weighted by molar-refractivity contribution is 5.80. The van der Waals surface area contributed by atoms with Gasteiger partial charge in [0.2, 0.25) is 0 Å². The molecule has 2 aromatic rings. The molecule has 0 aliphatic carbocycles. The van der Waals surface area contributed by atoms with Crippen LogP contribution < -0.4 is 4.74 Å². The lowest BCUT2D eigenvalue weighted by atomic mass is 10.0. The molecule has 0 fully saturated rings. The highest BCUT2D eigenvalue weighted by Gasteiger charge is 2.07. The van der Waals surface area contributed by atoms with Gasteiger partial charge < -0.3 is 4.74 Å². The van der Waals surface area contributed by atoms with Crippen molar-refractivity contribution in [2.45, 2.75) is 20.0 Å². The van der Waals surface area contributed by atoms with Crippen molar-refractivity contribution in [1.82, 2.24) is 0 Å². The number of benzene rings is 2. The van der Waals surface area contributed by atoms with Gasteiger partial charge in [0.25, 0.3) is 0 Å². The summed E-state index contributed by atoms with van der Waals surface area (Å²) >= 11 is 0. The third-order valence-corrected chi connectivity index (χ3v) is 2.58. The van der Waals surface area contributed by atoms with Crippen LogP contribution in [0.4, 0.5) is 0 Å². The van der Waals surface area contributed by atoms with Crippen molar-refractivity contribution >= 4 is 6.29 Å². The molecule has 0 atom stereocenters. The third kappa shape index (κ3) is 2.77. The predicted octanol–water partition coefficient (Wildman–Crippen LogP) is 3.95. The molecule has 0 aromatic heterocycles. The van der Waals surface area contributed by atoms with Crippen molar-refractivity contribution in [3.8, 4) is 16.9 Å². The largest absolute Gasteiger partial charge is 0.490 e. The Morgan fingerprint density at radius 3 is 2.56 bits per heavy atom. The number of rotatable bonds is 4. The highest BCUT2D eigenvalue weighted by atomic mass is 16.5. The summed E-state index contributed by atoms with van der Waals surface area (Å²) in [4.78, 5) is 10.8. The molecule has 0 unspecified atom stereocenters. The van der Waals surface area contributed by atoms with E-state index in [1.807, 2.05) is 56.3 Å². The van der Waals surface area contributed by atoms with Crippen LogP contribution in [0.2, 0.25) is 0 Å². The zero-order chi connectivity index (χ0) is 13.0. The Morgan fingerprint density at radius 2 is 1.83 bits per heavy atom. The molecule has 2 nitrogen and oxygen atoms in total. The summed E-state index contributed by atoms with van der Waals surface area (Å²) in [6.07, 6.45) is 0.982. The first-order valence-electron chi connectivity index (χ1n) is 6.02. The summed E-state index contributed by atoms with van der Waals surface area (Å²) in [6, 6.07) is 15.4. The number of carbonyl (C=O) groups is 1. The molecule has 2 aromatic carbocycles. The Hall–Kier alpha value is -2.09. The van der Waals surface area contributed by atoms with Crippen LogP contribution in [0.5, 0.6) is 5.75 Å². The van der Waals surface area contributed by atoms with Crippen molar-refractivity contribution in [2.75, 3.05) is 0 Å². The van der Waals surface area contributed by atoms with E-state index in [0.717, 1.165) is 23.2 Å². The quantitative estimate of drug-likeness (QED) is 0.756. The van der Waals surface area contributed by atoms with E-state index in [-0.39, 0.29) is 6.10 Å². The molecule has 18 heavy (non-hydrogen) atoms. The molecule has 0 saturated carbocycles. The maximum Gasteiger partial charge on any atom is 0.150 e. The molecular formula is C16H16O2. The first-order valence-corrected chi connectivity index (χ1v) is 6.02. The number of ether oxygens (including phenoxy) is 1. The topological polar surface area (TPSA) is 26.3 Å². The SMILES string of the molecule is CC(C)Oc1ccccc1-c1cccc(C=O)c1. The number of hydrogen-bond donors (Lipinski definition) is 0. The predicted molar refractivity (Wildman–Crippen MR) is 73.0 cm³/mol. The van der Waals surface area contributed by atoms with Crippen LogP contribution >= 0.6 is 0 Å². The number of hydrogen-bond acceptors (Lipinski definition) is 2. The zero-order valence-electron chi connectivity index (χ0n) is 10.6. The van der Waals surface area contributed by atoms with E-state index in [2.05, 4.69) is 0 Å². The van der Waals surface area contributed by atoms with Crippen molar-refractivity contribution in [2.24, 2.45) is 0 Å². The Kier molecular flexibility index (Phi) is 3.78. The van der Waals surface area contributed by atoms with Gasteiger partial charge in [-0.15, -0.1) is 0 Å². The minimum atomic E-state index is 0.125. The van der Waals surface area contributed by atoms with Crippen molar-refractivity contribution in [3.05, 3.63) is 54.1 Å². The summed E-state index contributed by atoms with van der Waals surface area (Å²) in [5.41, 5.74) is 2.68. The highest BCUT2D eigenvalue weighted by Crippen LogP contribution is 2.30. The summed E-state index contributed by atoms with van der Waals surface area (Å²) in [7, 11) is 0. The lowest BCUT2D eigenvalue weighted by Gasteiger charge is -2.14. The van der Waals surface area contributed by atoms with Gasteiger partial charge in [-0.05, 0) is 31.5 Å². The maximum absolute atomic E-state index is 10.8. The van der Waals surface area contributed by atoms with E-state index in [9.17, 15) is 4.79 Å². The van der Waals surface area contributed by atoms with Crippen LogP contribution in [0.25, 0.3) is 11.1 Å². The lowest BCUT2D eigenvalue weighted by Crippen LogP contribution is -2.06. The lowest BCUT2D eigenvalue weighted by molar-refractivity contribution is 0.112. The Bertz CT molecular complexity index is 544. The molecule has 0 aliphatic heterocycles. The van der Waals surface area contributed by atoms with Crippen molar-refractivity contribution in [1.29, 1.82) is 0 Å². The molecule has 0 spiro atoms. The van der Waals surface area contributed by atoms with Gasteiger partial charge in [-0.1, -0.05) is 36.4 Å². The Balaban J connectivity index is 2.45. The average molecular weight is 240 g/mol. The third-order valence-electron chi connectivity index (χ3n) is 2.58. The van der Waals surface area contributed by atoms with Gasteiger partial charge in [-0.2, -0.15) is 0 Å². The van der Waals surface area contributed by atoms with Gasteiger partial charge in [0.1, 0.15) is 12.0 Å². The van der Waals surface area contributed by atoms with Crippen LogP contribution in [0.3, 0.4) is 0 Å². The van der Waals surface area contributed by atoms with E-state index in [4.69, 9.17) is 4.74 Å². The van der Waals surface area contributed by atoms with Crippen LogP contribution in [0.1, 0.15) is 24.2 Å². The first-order chi connectivity index (χ1) is 8.70. The molecule has 2 rings (SSSR count). The number of para-hydroxylation sites is 1. The fraction of sp³-hybridized carbons (Fsp3) is 0.188. The van der Waals surface area contributed by atoms with Crippen LogP contribution in [-0.4, -0.2) is 12.4 Å². The van der Waals surface area contributed by atoms with E-state index >= 15 is 0 Å². The summed E-state index contributed by atoms with van der Waals surface area (Å²) in [5.74, 6) is 0.843. The monoisotopic (exact) mass is 240 g/mol. The Morgan fingerprint density at radius 1 is 1.06 bits per heavy atom.